The Bertz CT molecular complexity index is 958. The number of methoxy groups -OCH3 is 1. The van der Waals surface area contributed by atoms with Gasteiger partial charge in [-0.1, -0.05) is 29.4 Å². The van der Waals surface area contributed by atoms with E-state index < -0.39 is 0 Å². The molecule has 2 aromatic carbocycles. The number of carbonyl (C=O) groups is 1. The predicted molar refractivity (Wildman–Crippen MR) is 103 cm³/mol. The summed E-state index contributed by atoms with van der Waals surface area (Å²) in [5.74, 6) is 1.51. The molecule has 4 rings (SSSR count). The highest BCUT2D eigenvalue weighted by atomic mass is 16.5. The van der Waals surface area contributed by atoms with Crippen LogP contribution in [0.1, 0.15) is 21.8 Å². The molecule has 1 amide bonds. The summed E-state index contributed by atoms with van der Waals surface area (Å²) in [7, 11) is 1.61. The second-order valence-corrected chi connectivity index (χ2v) is 6.90. The van der Waals surface area contributed by atoms with Crippen molar-refractivity contribution >= 4 is 16.7 Å². The Morgan fingerprint density at radius 2 is 1.81 bits per heavy atom. The molecule has 1 saturated heterocycles. The Labute approximate surface area is 158 Å². The van der Waals surface area contributed by atoms with Crippen LogP contribution in [0.25, 0.3) is 10.8 Å². The van der Waals surface area contributed by atoms with Crippen molar-refractivity contribution in [3.8, 4) is 5.75 Å². The van der Waals surface area contributed by atoms with E-state index in [4.69, 9.17) is 9.26 Å². The molecule has 3 aromatic rings. The maximum absolute atomic E-state index is 13.1. The molecule has 0 saturated carbocycles. The van der Waals surface area contributed by atoms with Gasteiger partial charge in [-0.3, -0.25) is 9.69 Å². The van der Waals surface area contributed by atoms with Crippen LogP contribution in [0.2, 0.25) is 0 Å². The highest BCUT2D eigenvalue weighted by molar-refractivity contribution is 6.01. The molecule has 1 aliphatic heterocycles. The second kappa shape index (κ2) is 7.40. The van der Waals surface area contributed by atoms with Crippen LogP contribution in [0, 0.1) is 6.92 Å². The SMILES string of the molecule is COc1cc2ccccc2cc1C(=O)N1CCN(Cc2cc(C)no2)CC1. The van der Waals surface area contributed by atoms with E-state index in [1.807, 2.05) is 54.3 Å². The number of fused-ring (bicyclic) bond motifs is 1. The Hall–Kier alpha value is -2.86. The average Bonchev–Trinajstić information content (AvgIpc) is 3.11. The molecule has 27 heavy (non-hydrogen) atoms. The fraction of sp³-hybridized carbons (Fsp3) is 0.333. The number of carbonyl (C=O) groups excluding carboxylic acids is 1. The van der Waals surface area contributed by atoms with Crippen LogP contribution in [0.15, 0.2) is 47.0 Å². The zero-order chi connectivity index (χ0) is 18.8. The van der Waals surface area contributed by atoms with Crippen molar-refractivity contribution in [3.63, 3.8) is 0 Å². The third-order valence-corrected chi connectivity index (χ3v) is 5.01. The van der Waals surface area contributed by atoms with Crippen LogP contribution in [-0.2, 0) is 6.54 Å². The van der Waals surface area contributed by atoms with Crippen LogP contribution >= 0.6 is 0 Å². The smallest absolute Gasteiger partial charge is 0.257 e. The van der Waals surface area contributed by atoms with Crippen molar-refractivity contribution < 1.29 is 14.1 Å². The van der Waals surface area contributed by atoms with Gasteiger partial charge in [0.1, 0.15) is 5.75 Å². The minimum absolute atomic E-state index is 0.0211. The highest BCUT2D eigenvalue weighted by Crippen LogP contribution is 2.27. The number of nitrogens with zero attached hydrogens (tertiary/aromatic N) is 3. The van der Waals surface area contributed by atoms with Gasteiger partial charge >= 0.3 is 0 Å². The standard InChI is InChI=1S/C21H23N3O3/c1-15-11-18(27-22-15)14-23-7-9-24(10-8-23)21(25)19-12-16-5-3-4-6-17(16)13-20(19)26-2/h3-6,11-13H,7-10,14H2,1-2H3. The molecular formula is C21H23N3O3. The number of ether oxygens (including phenoxy) is 1. The van der Waals surface area contributed by atoms with E-state index >= 15 is 0 Å². The van der Waals surface area contributed by atoms with Crippen LogP contribution in [-0.4, -0.2) is 54.2 Å². The molecule has 0 N–H and O–H groups in total. The normalized spacial score (nSPS) is 15.3. The molecule has 1 aliphatic rings. The third kappa shape index (κ3) is 3.66. The number of hydrogen-bond donors (Lipinski definition) is 0. The Kier molecular flexibility index (Phi) is 4.81. The van der Waals surface area contributed by atoms with Gasteiger partial charge in [0.15, 0.2) is 5.76 Å². The summed E-state index contributed by atoms with van der Waals surface area (Å²) in [6, 6.07) is 13.8. The number of amides is 1. The van der Waals surface area contributed by atoms with Gasteiger partial charge in [-0.05, 0) is 29.8 Å². The van der Waals surface area contributed by atoms with E-state index in [1.54, 1.807) is 7.11 Å². The summed E-state index contributed by atoms with van der Waals surface area (Å²) >= 11 is 0. The molecule has 2 heterocycles. The summed E-state index contributed by atoms with van der Waals surface area (Å²) in [6.07, 6.45) is 0. The lowest BCUT2D eigenvalue weighted by Gasteiger charge is -2.34. The number of benzene rings is 2. The van der Waals surface area contributed by atoms with Gasteiger partial charge in [-0.15, -0.1) is 0 Å². The van der Waals surface area contributed by atoms with Crippen molar-refractivity contribution in [1.29, 1.82) is 0 Å². The first-order valence-electron chi connectivity index (χ1n) is 9.14. The van der Waals surface area contributed by atoms with Crippen molar-refractivity contribution in [1.82, 2.24) is 15.0 Å². The lowest BCUT2D eigenvalue weighted by atomic mass is 10.0. The molecule has 0 spiro atoms. The van der Waals surface area contributed by atoms with Gasteiger partial charge in [0.25, 0.3) is 5.91 Å². The minimum Gasteiger partial charge on any atom is -0.496 e. The lowest BCUT2D eigenvalue weighted by Crippen LogP contribution is -2.48. The number of aromatic nitrogens is 1. The summed E-state index contributed by atoms with van der Waals surface area (Å²) < 4.78 is 10.8. The summed E-state index contributed by atoms with van der Waals surface area (Å²) in [5, 5.41) is 6.04. The first kappa shape index (κ1) is 17.5. The summed E-state index contributed by atoms with van der Waals surface area (Å²) in [5.41, 5.74) is 1.51. The maximum atomic E-state index is 13.1. The zero-order valence-corrected chi connectivity index (χ0v) is 15.6. The Balaban J connectivity index is 1.47. The van der Waals surface area contributed by atoms with Gasteiger partial charge < -0.3 is 14.2 Å². The minimum atomic E-state index is 0.0211. The molecule has 0 aliphatic carbocycles. The number of rotatable bonds is 4. The fourth-order valence-corrected chi connectivity index (χ4v) is 3.55. The first-order valence-corrected chi connectivity index (χ1v) is 9.14. The lowest BCUT2D eigenvalue weighted by molar-refractivity contribution is 0.0614. The highest BCUT2D eigenvalue weighted by Gasteiger charge is 2.25. The molecule has 0 bridgehead atoms. The van der Waals surface area contributed by atoms with Crippen molar-refractivity contribution in [2.45, 2.75) is 13.5 Å². The summed E-state index contributed by atoms with van der Waals surface area (Å²) in [4.78, 5) is 17.3. The molecule has 140 valence electrons. The zero-order valence-electron chi connectivity index (χ0n) is 15.6. The quantitative estimate of drug-likeness (QED) is 0.711. The Morgan fingerprint density at radius 3 is 2.44 bits per heavy atom. The van der Waals surface area contributed by atoms with Gasteiger partial charge in [0.2, 0.25) is 0 Å². The topological polar surface area (TPSA) is 58.8 Å². The van der Waals surface area contributed by atoms with E-state index in [2.05, 4.69) is 10.1 Å². The molecule has 0 atom stereocenters. The molecular weight excluding hydrogens is 342 g/mol. The molecule has 1 fully saturated rings. The third-order valence-electron chi connectivity index (χ3n) is 5.01. The van der Waals surface area contributed by atoms with E-state index in [9.17, 15) is 4.79 Å². The average molecular weight is 365 g/mol. The molecule has 6 heteroatoms. The molecule has 0 radical (unpaired) electrons. The fourth-order valence-electron chi connectivity index (χ4n) is 3.55. The summed E-state index contributed by atoms with van der Waals surface area (Å²) in [6.45, 7) is 5.62. The maximum Gasteiger partial charge on any atom is 0.257 e. The van der Waals surface area contributed by atoms with E-state index in [-0.39, 0.29) is 5.91 Å². The van der Waals surface area contributed by atoms with Crippen molar-refractivity contribution in [2.24, 2.45) is 0 Å². The van der Waals surface area contributed by atoms with Crippen LogP contribution < -0.4 is 4.74 Å². The van der Waals surface area contributed by atoms with Crippen LogP contribution in [0.3, 0.4) is 0 Å². The van der Waals surface area contributed by atoms with E-state index in [0.29, 0.717) is 24.4 Å². The number of aryl methyl sites for hydroxylation is 1. The predicted octanol–water partition coefficient (Wildman–Crippen LogP) is 3.10. The largest absolute Gasteiger partial charge is 0.496 e. The van der Waals surface area contributed by atoms with E-state index in [0.717, 1.165) is 41.9 Å². The van der Waals surface area contributed by atoms with Gasteiger partial charge in [0.05, 0.1) is 24.9 Å². The number of hydrogen-bond acceptors (Lipinski definition) is 5. The molecule has 0 unspecified atom stereocenters. The van der Waals surface area contributed by atoms with Crippen LogP contribution in [0.5, 0.6) is 5.75 Å². The van der Waals surface area contributed by atoms with Crippen molar-refractivity contribution in [2.75, 3.05) is 33.3 Å². The first-order chi connectivity index (χ1) is 13.1. The second-order valence-electron chi connectivity index (χ2n) is 6.90. The number of piperazine rings is 1. The monoisotopic (exact) mass is 365 g/mol. The van der Waals surface area contributed by atoms with Crippen LogP contribution in [0.4, 0.5) is 0 Å². The Morgan fingerprint density at radius 1 is 1.11 bits per heavy atom. The molecule has 1 aromatic heterocycles. The van der Waals surface area contributed by atoms with Gasteiger partial charge in [-0.2, -0.15) is 0 Å². The van der Waals surface area contributed by atoms with E-state index in [1.165, 1.54) is 0 Å². The van der Waals surface area contributed by atoms with Gasteiger partial charge in [0, 0.05) is 32.2 Å². The van der Waals surface area contributed by atoms with Crippen molar-refractivity contribution in [3.05, 3.63) is 59.5 Å². The van der Waals surface area contributed by atoms with Gasteiger partial charge in [-0.25, -0.2) is 0 Å². The molecule has 6 nitrogen and oxygen atoms in total.